The number of rotatable bonds is 8. The lowest BCUT2D eigenvalue weighted by Gasteiger charge is -2.16. The molecule has 0 fully saturated rings. The summed E-state index contributed by atoms with van der Waals surface area (Å²) >= 11 is 0. The Kier molecular flexibility index (Phi) is 7.02. The highest BCUT2D eigenvalue weighted by molar-refractivity contribution is 5.75. The third-order valence-electron chi connectivity index (χ3n) is 3.35. The molecule has 0 aliphatic carbocycles. The maximum atomic E-state index is 11.5. The predicted molar refractivity (Wildman–Crippen MR) is 83.8 cm³/mol. The Morgan fingerprint density at radius 1 is 1.38 bits per heavy atom. The average molecular weight is 294 g/mol. The highest BCUT2D eigenvalue weighted by Gasteiger charge is 2.11. The monoisotopic (exact) mass is 294 g/mol. The minimum Gasteiger partial charge on any atom is -0.497 e. The van der Waals surface area contributed by atoms with Crippen molar-refractivity contribution in [2.45, 2.75) is 32.2 Å². The Hall–Kier alpha value is -1.75. The van der Waals surface area contributed by atoms with Crippen LogP contribution in [0.4, 0.5) is 0 Å². The fourth-order valence-electron chi connectivity index (χ4n) is 1.88. The van der Waals surface area contributed by atoms with Crippen molar-refractivity contribution in [1.29, 1.82) is 0 Å². The van der Waals surface area contributed by atoms with Crippen molar-refractivity contribution in [2.24, 2.45) is 5.73 Å². The Morgan fingerprint density at radius 3 is 2.67 bits per heavy atom. The van der Waals surface area contributed by atoms with E-state index in [9.17, 15) is 4.79 Å². The van der Waals surface area contributed by atoms with Crippen LogP contribution in [0.15, 0.2) is 18.2 Å². The average Bonchev–Trinajstić information content (AvgIpc) is 2.48. The fraction of sp³-hybridized carbons (Fsp3) is 0.562. The van der Waals surface area contributed by atoms with Gasteiger partial charge in [0.05, 0.1) is 20.1 Å². The van der Waals surface area contributed by atoms with Crippen molar-refractivity contribution in [2.75, 3.05) is 27.8 Å². The molecule has 118 valence electrons. The van der Waals surface area contributed by atoms with Crippen LogP contribution in [0.5, 0.6) is 11.5 Å². The number of hydrogen-bond donors (Lipinski definition) is 1. The number of amides is 1. The van der Waals surface area contributed by atoms with E-state index in [1.807, 2.05) is 18.2 Å². The second kappa shape index (κ2) is 8.52. The summed E-state index contributed by atoms with van der Waals surface area (Å²) in [7, 11) is 5.11. The van der Waals surface area contributed by atoms with Gasteiger partial charge < -0.3 is 20.1 Å². The quantitative estimate of drug-likeness (QED) is 0.794. The van der Waals surface area contributed by atoms with Crippen molar-refractivity contribution in [3.63, 3.8) is 0 Å². The highest BCUT2D eigenvalue weighted by Crippen LogP contribution is 2.25. The molecule has 5 heteroatoms. The third kappa shape index (κ3) is 5.63. The van der Waals surface area contributed by atoms with Gasteiger partial charge in [0.25, 0.3) is 0 Å². The number of carbonyl (C=O) groups is 1. The van der Waals surface area contributed by atoms with Gasteiger partial charge in [0, 0.05) is 20.1 Å². The zero-order chi connectivity index (χ0) is 15.8. The van der Waals surface area contributed by atoms with Crippen molar-refractivity contribution < 1.29 is 14.3 Å². The van der Waals surface area contributed by atoms with Crippen LogP contribution in [0, 0.1) is 0 Å². The van der Waals surface area contributed by atoms with Gasteiger partial charge in [-0.25, -0.2) is 0 Å². The SMILES string of the molecule is CCC(N)Cc1cc(OC)ccc1OCCC(=O)N(C)C. The molecule has 0 spiro atoms. The molecule has 1 atom stereocenters. The van der Waals surface area contributed by atoms with E-state index in [0.717, 1.165) is 29.9 Å². The Labute approximate surface area is 127 Å². The van der Waals surface area contributed by atoms with Crippen molar-refractivity contribution >= 4 is 5.91 Å². The molecular formula is C16H26N2O3. The lowest BCUT2D eigenvalue weighted by Crippen LogP contribution is -2.24. The van der Waals surface area contributed by atoms with E-state index < -0.39 is 0 Å². The molecule has 1 rings (SSSR count). The first kappa shape index (κ1) is 17.3. The van der Waals surface area contributed by atoms with Crippen LogP contribution < -0.4 is 15.2 Å². The zero-order valence-electron chi connectivity index (χ0n) is 13.4. The Bertz CT molecular complexity index is 461. The minimum absolute atomic E-state index is 0.0512. The summed E-state index contributed by atoms with van der Waals surface area (Å²) in [6.07, 6.45) is 1.98. The Morgan fingerprint density at radius 2 is 2.10 bits per heavy atom. The summed E-state index contributed by atoms with van der Waals surface area (Å²) in [6, 6.07) is 5.75. The summed E-state index contributed by atoms with van der Waals surface area (Å²) in [4.78, 5) is 13.1. The summed E-state index contributed by atoms with van der Waals surface area (Å²) < 4.78 is 11.0. The predicted octanol–water partition coefficient (Wildman–Crippen LogP) is 1.83. The van der Waals surface area contributed by atoms with Gasteiger partial charge in [-0.2, -0.15) is 0 Å². The molecule has 0 aliphatic rings. The van der Waals surface area contributed by atoms with Crippen LogP contribution in [-0.4, -0.2) is 44.7 Å². The number of hydrogen-bond acceptors (Lipinski definition) is 4. The third-order valence-corrected chi connectivity index (χ3v) is 3.35. The molecular weight excluding hydrogens is 268 g/mol. The molecule has 1 amide bonds. The van der Waals surface area contributed by atoms with E-state index in [4.69, 9.17) is 15.2 Å². The maximum absolute atomic E-state index is 11.5. The maximum Gasteiger partial charge on any atom is 0.225 e. The molecule has 0 heterocycles. The molecule has 2 N–H and O–H groups in total. The van der Waals surface area contributed by atoms with Gasteiger partial charge in [0.1, 0.15) is 11.5 Å². The molecule has 0 aromatic heterocycles. The van der Waals surface area contributed by atoms with Gasteiger partial charge in [0.15, 0.2) is 0 Å². The largest absolute Gasteiger partial charge is 0.497 e. The summed E-state index contributed by atoms with van der Waals surface area (Å²) in [5.41, 5.74) is 7.04. The standard InChI is InChI=1S/C16H26N2O3/c1-5-13(17)10-12-11-14(20-4)6-7-15(12)21-9-8-16(19)18(2)3/h6-7,11,13H,5,8-10,17H2,1-4H3. The number of ether oxygens (including phenoxy) is 2. The van der Waals surface area contributed by atoms with Gasteiger partial charge in [-0.05, 0) is 36.6 Å². The number of nitrogens with zero attached hydrogens (tertiary/aromatic N) is 1. The van der Waals surface area contributed by atoms with E-state index >= 15 is 0 Å². The molecule has 1 aromatic rings. The van der Waals surface area contributed by atoms with Crippen LogP contribution in [-0.2, 0) is 11.2 Å². The molecule has 0 radical (unpaired) electrons. The first-order valence-electron chi connectivity index (χ1n) is 7.23. The van der Waals surface area contributed by atoms with Gasteiger partial charge in [0.2, 0.25) is 5.91 Å². The van der Waals surface area contributed by atoms with Crippen LogP contribution in [0.1, 0.15) is 25.3 Å². The first-order valence-corrected chi connectivity index (χ1v) is 7.23. The number of methoxy groups -OCH3 is 1. The molecule has 5 nitrogen and oxygen atoms in total. The minimum atomic E-state index is 0.0512. The van der Waals surface area contributed by atoms with Crippen LogP contribution in [0.25, 0.3) is 0 Å². The van der Waals surface area contributed by atoms with Gasteiger partial charge in [-0.1, -0.05) is 6.92 Å². The number of benzene rings is 1. The fourth-order valence-corrected chi connectivity index (χ4v) is 1.88. The van der Waals surface area contributed by atoms with Gasteiger partial charge in [-0.15, -0.1) is 0 Å². The molecule has 21 heavy (non-hydrogen) atoms. The highest BCUT2D eigenvalue weighted by atomic mass is 16.5. The molecule has 1 aromatic carbocycles. The van der Waals surface area contributed by atoms with E-state index in [1.165, 1.54) is 0 Å². The molecule has 0 bridgehead atoms. The topological polar surface area (TPSA) is 64.8 Å². The summed E-state index contributed by atoms with van der Waals surface area (Å²) in [5.74, 6) is 1.60. The van der Waals surface area contributed by atoms with E-state index in [0.29, 0.717) is 13.0 Å². The van der Waals surface area contributed by atoms with Crippen LogP contribution >= 0.6 is 0 Å². The van der Waals surface area contributed by atoms with Crippen molar-refractivity contribution in [3.8, 4) is 11.5 Å². The lowest BCUT2D eigenvalue weighted by molar-refractivity contribution is -0.129. The van der Waals surface area contributed by atoms with Crippen molar-refractivity contribution in [1.82, 2.24) is 4.90 Å². The zero-order valence-corrected chi connectivity index (χ0v) is 13.4. The molecule has 0 aliphatic heterocycles. The summed E-state index contributed by atoms with van der Waals surface area (Å²) in [5, 5.41) is 0. The second-order valence-corrected chi connectivity index (χ2v) is 5.23. The van der Waals surface area contributed by atoms with Gasteiger partial charge in [-0.3, -0.25) is 4.79 Å². The van der Waals surface area contributed by atoms with E-state index in [-0.39, 0.29) is 11.9 Å². The second-order valence-electron chi connectivity index (χ2n) is 5.23. The lowest BCUT2D eigenvalue weighted by atomic mass is 10.0. The van der Waals surface area contributed by atoms with E-state index in [2.05, 4.69) is 6.92 Å². The molecule has 0 saturated heterocycles. The Balaban J connectivity index is 2.73. The van der Waals surface area contributed by atoms with Crippen molar-refractivity contribution in [3.05, 3.63) is 23.8 Å². The van der Waals surface area contributed by atoms with Crippen LogP contribution in [0.3, 0.4) is 0 Å². The molecule has 0 saturated carbocycles. The first-order chi connectivity index (χ1) is 9.97. The van der Waals surface area contributed by atoms with Gasteiger partial charge >= 0.3 is 0 Å². The number of carbonyl (C=O) groups excluding carboxylic acids is 1. The van der Waals surface area contributed by atoms with Crippen LogP contribution in [0.2, 0.25) is 0 Å². The molecule has 1 unspecified atom stereocenters. The number of nitrogens with two attached hydrogens (primary N) is 1. The normalized spacial score (nSPS) is 11.9. The smallest absolute Gasteiger partial charge is 0.225 e. The van der Waals surface area contributed by atoms with E-state index in [1.54, 1.807) is 26.1 Å². The summed E-state index contributed by atoms with van der Waals surface area (Å²) in [6.45, 7) is 2.42.